The zero-order valence-corrected chi connectivity index (χ0v) is 14.0. The molecule has 2 bridgehead atoms. The van der Waals surface area contributed by atoms with Crippen molar-refractivity contribution in [2.24, 2.45) is 5.92 Å². The molecule has 1 N–H and O–H groups in total. The van der Waals surface area contributed by atoms with Crippen LogP contribution in [0.2, 0.25) is 0 Å². The van der Waals surface area contributed by atoms with Gasteiger partial charge in [0.15, 0.2) is 0 Å². The lowest BCUT2D eigenvalue weighted by molar-refractivity contribution is 0.0788. The van der Waals surface area contributed by atoms with Crippen molar-refractivity contribution in [1.82, 2.24) is 14.5 Å². The highest BCUT2D eigenvalue weighted by molar-refractivity contribution is 5.75. The minimum Gasteiger partial charge on any atom is -0.375 e. The second-order valence-corrected chi connectivity index (χ2v) is 7.72. The summed E-state index contributed by atoms with van der Waals surface area (Å²) in [5.41, 5.74) is 2.03. The Hall–Kier alpha value is -1.59. The molecule has 0 spiro atoms. The summed E-state index contributed by atoms with van der Waals surface area (Å²) in [7, 11) is 0. The first-order valence-corrected chi connectivity index (χ1v) is 9.35. The number of para-hydroxylation sites is 2. The molecule has 128 valence electrons. The fourth-order valence-electron chi connectivity index (χ4n) is 5.06. The van der Waals surface area contributed by atoms with Gasteiger partial charge in [-0.05, 0) is 44.2 Å². The number of H-pyrrole nitrogens is 1. The Morgan fingerprint density at radius 2 is 1.96 bits per heavy atom. The number of piperidine rings is 1. The van der Waals surface area contributed by atoms with Gasteiger partial charge in [0, 0.05) is 31.6 Å². The topological polar surface area (TPSA) is 50.3 Å². The van der Waals surface area contributed by atoms with Crippen LogP contribution in [0.15, 0.2) is 29.1 Å². The van der Waals surface area contributed by atoms with Crippen LogP contribution in [0.3, 0.4) is 0 Å². The van der Waals surface area contributed by atoms with E-state index in [0.717, 1.165) is 42.9 Å². The van der Waals surface area contributed by atoms with E-state index >= 15 is 0 Å². The van der Waals surface area contributed by atoms with Crippen LogP contribution in [0.25, 0.3) is 11.0 Å². The minimum atomic E-state index is 0.0381. The molecule has 0 radical (unpaired) electrons. The quantitative estimate of drug-likeness (QED) is 0.942. The molecule has 3 unspecified atom stereocenters. The van der Waals surface area contributed by atoms with E-state index in [9.17, 15) is 4.79 Å². The van der Waals surface area contributed by atoms with Gasteiger partial charge in [-0.1, -0.05) is 12.1 Å². The summed E-state index contributed by atoms with van der Waals surface area (Å²) >= 11 is 0. The van der Waals surface area contributed by atoms with Crippen molar-refractivity contribution < 1.29 is 4.74 Å². The minimum absolute atomic E-state index is 0.0381. The van der Waals surface area contributed by atoms with Gasteiger partial charge in [-0.25, -0.2) is 4.79 Å². The predicted molar refractivity (Wildman–Crippen MR) is 93.3 cm³/mol. The first-order valence-electron chi connectivity index (χ1n) is 9.35. The zero-order valence-electron chi connectivity index (χ0n) is 14.0. The van der Waals surface area contributed by atoms with Crippen molar-refractivity contribution in [2.45, 2.75) is 50.4 Å². The molecule has 0 aliphatic carbocycles. The lowest BCUT2D eigenvalue weighted by atomic mass is 9.88. The van der Waals surface area contributed by atoms with E-state index in [2.05, 4.69) is 9.88 Å². The first kappa shape index (κ1) is 14.7. The molecular weight excluding hydrogens is 302 g/mol. The van der Waals surface area contributed by atoms with E-state index in [0.29, 0.717) is 18.2 Å². The monoisotopic (exact) mass is 327 g/mol. The number of likely N-dealkylation sites (tertiary alicyclic amines) is 1. The highest BCUT2D eigenvalue weighted by Crippen LogP contribution is 2.39. The number of imidazole rings is 1. The Balaban J connectivity index is 1.26. The Morgan fingerprint density at radius 3 is 2.71 bits per heavy atom. The maximum Gasteiger partial charge on any atom is 0.326 e. The summed E-state index contributed by atoms with van der Waals surface area (Å²) in [5, 5.41) is 0. The summed E-state index contributed by atoms with van der Waals surface area (Å²) in [6.45, 7) is 3.35. The van der Waals surface area contributed by atoms with E-state index in [-0.39, 0.29) is 5.69 Å². The number of benzene rings is 1. The number of aromatic nitrogens is 2. The van der Waals surface area contributed by atoms with Crippen LogP contribution in [0.1, 0.15) is 38.1 Å². The third kappa shape index (κ3) is 2.42. The fraction of sp³-hybridized carbons (Fsp3) is 0.632. The molecule has 3 aliphatic rings. The van der Waals surface area contributed by atoms with Crippen LogP contribution in [0.5, 0.6) is 0 Å². The lowest BCUT2D eigenvalue weighted by Gasteiger charge is -2.35. The molecule has 5 nitrogen and oxygen atoms in total. The van der Waals surface area contributed by atoms with Crippen LogP contribution in [0, 0.1) is 5.92 Å². The molecule has 3 saturated heterocycles. The molecule has 1 aromatic carbocycles. The molecule has 4 heterocycles. The summed E-state index contributed by atoms with van der Waals surface area (Å²) in [5.74, 6) is 0.733. The second-order valence-electron chi connectivity index (χ2n) is 7.72. The van der Waals surface area contributed by atoms with Crippen molar-refractivity contribution in [2.75, 3.05) is 19.6 Å². The van der Waals surface area contributed by atoms with E-state index in [1.807, 2.05) is 28.8 Å². The van der Waals surface area contributed by atoms with Gasteiger partial charge in [-0.15, -0.1) is 0 Å². The number of nitrogens with one attached hydrogen (secondary N) is 1. The molecular formula is C19H25N3O2. The van der Waals surface area contributed by atoms with Crippen LogP contribution in [-0.2, 0) is 4.74 Å². The fourth-order valence-corrected chi connectivity index (χ4v) is 5.06. The molecule has 2 aromatic rings. The largest absolute Gasteiger partial charge is 0.375 e. The van der Waals surface area contributed by atoms with Crippen molar-refractivity contribution in [1.29, 1.82) is 0 Å². The summed E-state index contributed by atoms with van der Waals surface area (Å²) in [6, 6.07) is 8.34. The van der Waals surface area contributed by atoms with Gasteiger partial charge >= 0.3 is 5.69 Å². The molecule has 3 aliphatic heterocycles. The van der Waals surface area contributed by atoms with E-state index in [4.69, 9.17) is 4.74 Å². The molecule has 5 heteroatoms. The number of hydrogen-bond donors (Lipinski definition) is 1. The first-order chi connectivity index (χ1) is 11.8. The highest BCUT2D eigenvalue weighted by atomic mass is 16.5. The van der Waals surface area contributed by atoms with Crippen molar-refractivity contribution in [3.8, 4) is 0 Å². The van der Waals surface area contributed by atoms with Gasteiger partial charge in [0.25, 0.3) is 0 Å². The SMILES string of the molecule is O=c1[nH]c2ccccc2n1C1CCN(CC2CC3CCC2O3)CC1. The number of hydrogen-bond acceptors (Lipinski definition) is 3. The van der Waals surface area contributed by atoms with Crippen LogP contribution in [-0.4, -0.2) is 46.3 Å². The normalized spacial score (nSPS) is 31.2. The van der Waals surface area contributed by atoms with E-state index in [1.165, 1.54) is 25.8 Å². The van der Waals surface area contributed by atoms with Gasteiger partial charge < -0.3 is 14.6 Å². The number of aromatic amines is 1. The zero-order chi connectivity index (χ0) is 16.1. The van der Waals surface area contributed by atoms with Gasteiger partial charge in [-0.3, -0.25) is 4.57 Å². The number of nitrogens with zero attached hydrogens (tertiary/aromatic N) is 2. The maximum absolute atomic E-state index is 12.4. The Kier molecular flexibility index (Phi) is 3.52. The number of rotatable bonds is 3. The number of ether oxygens (including phenoxy) is 1. The van der Waals surface area contributed by atoms with E-state index in [1.54, 1.807) is 0 Å². The van der Waals surface area contributed by atoms with Gasteiger partial charge in [0.05, 0.1) is 23.2 Å². The van der Waals surface area contributed by atoms with Crippen LogP contribution in [0.4, 0.5) is 0 Å². The summed E-state index contributed by atoms with van der Waals surface area (Å²) in [4.78, 5) is 17.9. The molecule has 1 aromatic heterocycles. The Labute approximate surface area is 141 Å². The van der Waals surface area contributed by atoms with Gasteiger partial charge in [-0.2, -0.15) is 0 Å². The Morgan fingerprint density at radius 1 is 1.12 bits per heavy atom. The smallest absolute Gasteiger partial charge is 0.326 e. The van der Waals surface area contributed by atoms with Crippen molar-refractivity contribution in [3.05, 3.63) is 34.7 Å². The van der Waals surface area contributed by atoms with E-state index < -0.39 is 0 Å². The van der Waals surface area contributed by atoms with Crippen LogP contribution < -0.4 is 5.69 Å². The molecule has 5 rings (SSSR count). The third-order valence-electron chi connectivity index (χ3n) is 6.27. The average Bonchev–Trinajstić information content (AvgIpc) is 3.29. The van der Waals surface area contributed by atoms with Gasteiger partial charge in [0.2, 0.25) is 0 Å². The summed E-state index contributed by atoms with van der Waals surface area (Å²) < 4.78 is 7.97. The molecule has 0 saturated carbocycles. The molecule has 3 fully saturated rings. The van der Waals surface area contributed by atoms with Crippen molar-refractivity contribution in [3.63, 3.8) is 0 Å². The standard InChI is InChI=1S/C19H25N3O2/c23-19-20-16-3-1-2-4-17(16)22(19)14-7-9-21(10-8-14)12-13-11-15-5-6-18(13)24-15/h1-4,13-15,18H,5-12H2,(H,20,23). The number of fused-ring (bicyclic) bond motifs is 3. The molecule has 3 atom stereocenters. The van der Waals surface area contributed by atoms with Crippen LogP contribution >= 0.6 is 0 Å². The maximum atomic E-state index is 12.4. The lowest BCUT2D eigenvalue weighted by Crippen LogP contribution is -2.41. The Bertz CT molecular complexity index is 787. The predicted octanol–water partition coefficient (Wildman–Crippen LogP) is 2.53. The molecule has 24 heavy (non-hydrogen) atoms. The van der Waals surface area contributed by atoms with Gasteiger partial charge in [0.1, 0.15) is 0 Å². The van der Waals surface area contributed by atoms with Crippen molar-refractivity contribution >= 4 is 11.0 Å². The average molecular weight is 327 g/mol. The third-order valence-corrected chi connectivity index (χ3v) is 6.27. The highest BCUT2D eigenvalue weighted by Gasteiger charge is 2.41. The summed E-state index contributed by atoms with van der Waals surface area (Å²) in [6.07, 6.45) is 6.97. The molecule has 0 amide bonds. The second kappa shape index (κ2) is 5.74.